The highest BCUT2D eigenvalue weighted by molar-refractivity contribution is 6.30. The maximum Gasteiger partial charge on any atom is 0.227 e. The molecule has 1 aromatic carbocycles. The van der Waals surface area contributed by atoms with Crippen LogP contribution in [-0.2, 0) is 16.0 Å². The van der Waals surface area contributed by atoms with Crippen LogP contribution in [0.5, 0.6) is 0 Å². The van der Waals surface area contributed by atoms with Crippen molar-refractivity contribution >= 4 is 17.5 Å². The third kappa shape index (κ3) is 4.47. The predicted octanol–water partition coefficient (Wildman–Crippen LogP) is 1.58. The molecule has 2 rings (SSSR count). The lowest BCUT2D eigenvalue weighted by Crippen LogP contribution is -2.37. The highest BCUT2D eigenvalue weighted by Gasteiger charge is 2.21. The van der Waals surface area contributed by atoms with Crippen molar-refractivity contribution in [3.8, 4) is 0 Å². The third-order valence-electron chi connectivity index (χ3n) is 3.49. The topological polar surface area (TPSA) is 41.6 Å². The first-order valence-electron chi connectivity index (χ1n) is 6.91. The van der Waals surface area contributed by atoms with E-state index in [1.54, 1.807) is 7.11 Å². The van der Waals surface area contributed by atoms with Crippen molar-refractivity contribution in [2.24, 2.45) is 5.92 Å². The van der Waals surface area contributed by atoms with Crippen molar-refractivity contribution in [2.75, 3.05) is 39.9 Å². The second-order valence-corrected chi connectivity index (χ2v) is 5.60. The number of benzene rings is 1. The van der Waals surface area contributed by atoms with Gasteiger partial charge in [0.2, 0.25) is 5.91 Å². The molecule has 1 fully saturated rings. The lowest BCUT2D eigenvalue weighted by Gasteiger charge is -2.23. The van der Waals surface area contributed by atoms with E-state index in [-0.39, 0.29) is 5.91 Å². The SMILES string of the molecule is COC[C@H]1CNCCN(C(=O)Cc2ccc(Cl)cc2)C1. The first-order valence-corrected chi connectivity index (χ1v) is 7.28. The number of rotatable bonds is 4. The minimum atomic E-state index is 0.164. The molecule has 1 saturated heterocycles. The molecule has 4 nitrogen and oxygen atoms in total. The Morgan fingerprint density at radius 2 is 2.20 bits per heavy atom. The summed E-state index contributed by atoms with van der Waals surface area (Å²) in [5.41, 5.74) is 1.000. The zero-order chi connectivity index (χ0) is 14.4. The van der Waals surface area contributed by atoms with Crippen molar-refractivity contribution in [1.82, 2.24) is 10.2 Å². The second-order valence-electron chi connectivity index (χ2n) is 5.17. The van der Waals surface area contributed by atoms with Crippen LogP contribution >= 0.6 is 11.6 Å². The average molecular weight is 297 g/mol. The molecule has 20 heavy (non-hydrogen) atoms. The summed E-state index contributed by atoms with van der Waals surface area (Å²) in [6, 6.07) is 7.45. The first kappa shape index (κ1) is 15.3. The normalized spacial score (nSPS) is 19.7. The zero-order valence-electron chi connectivity index (χ0n) is 11.8. The summed E-state index contributed by atoms with van der Waals surface area (Å²) in [4.78, 5) is 14.3. The lowest BCUT2D eigenvalue weighted by molar-refractivity contribution is -0.130. The number of hydrogen-bond acceptors (Lipinski definition) is 3. The van der Waals surface area contributed by atoms with E-state index in [2.05, 4.69) is 5.32 Å². The van der Waals surface area contributed by atoms with E-state index >= 15 is 0 Å². The molecule has 0 unspecified atom stereocenters. The van der Waals surface area contributed by atoms with Crippen LogP contribution in [0.4, 0.5) is 0 Å². The van der Waals surface area contributed by atoms with Gasteiger partial charge in [0.25, 0.3) is 0 Å². The van der Waals surface area contributed by atoms with Gasteiger partial charge in [0, 0.05) is 44.2 Å². The summed E-state index contributed by atoms with van der Waals surface area (Å²) in [5, 5.41) is 4.04. The standard InChI is InChI=1S/C15H21ClN2O2/c1-20-11-13-9-17-6-7-18(10-13)15(19)8-12-2-4-14(16)5-3-12/h2-5,13,17H,6-11H2,1H3/t13-/m0/s1. The van der Waals surface area contributed by atoms with E-state index in [9.17, 15) is 4.79 Å². The molecule has 0 saturated carbocycles. The van der Waals surface area contributed by atoms with Crippen LogP contribution in [-0.4, -0.2) is 50.7 Å². The number of halogens is 1. The minimum absolute atomic E-state index is 0.164. The summed E-state index contributed by atoms with van der Waals surface area (Å²) in [7, 11) is 1.70. The Kier molecular flexibility index (Phi) is 5.83. The monoisotopic (exact) mass is 296 g/mol. The maximum atomic E-state index is 12.4. The molecule has 0 aromatic heterocycles. The summed E-state index contributed by atoms with van der Waals surface area (Å²) in [6.45, 7) is 3.93. The molecule has 0 spiro atoms. The average Bonchev–Trinajstić information content (AvgIpc) is 2.67. The molecule has 1 amide bonds. The second kappa shape index (κ2) is 7.62. The van der Waals surface area contributed by atoms with Gasteiger partial charge in [0.15, 0.2) is 0 Å². The Bertz CT molecular complexity index is 436. The van der Waals surface area contributed by atoms with Gasteiger partial charge in [0.1, 0.15) is 0 Å². The van der Waals surface area contributed by atoms with Gasteiger partial charge >= 0.3 is 0 Å². The summed E-state index contributed by atoms with van der Waals surface area (Å²) in [5.74, 6) is 0.522. The molecule has 1 aromatic rings. The molecule has 0 aliphatic carbocycles. The predicted molar refractivity (Wildman–Crippen MR) is 80.0 cm³/mol. The van der Waals surface area contributed by atoms with E-state index in [0.717, 1.165) is 31.7 Å². The minimum Gasteiger partial charge on any atom is -0.384 e. The first-order chi connectivity index (χ1) is 9.69. The van der Waals surface area contributed by atoms with Gasteiger partial charge in [-0.2, -0.15) is 0 Å². The smallest absolute Gasteiger partial charge is 0.227 e. The number of nitrogens with zero attached hydrogens (tertiary/aromatic N) is 1. The Morgan fingerprint density at radius 3 is 2.90 bits per heavy atom. The molecule has 110 valence electrons. The maximum absolute atomic E-state index is 12.4. The fourth-order valence-electron chi connectivity index (χ4n) is 2.45. The highest BCUT2D eigenvalue weighted by atomic mass is 35.5. The van der Waals surface area contributed by atoms with Crippen molar-refractivity contribution in [3.63, 3.8) is 0 Å². The molecule has 1 atom stereocenters. The van der Waals surface area contributed by atoms with Crippen LogP contribution in [0.1, 0.15) is 5.56 Å². The molecule has 5 heteroatoms. The van der Waals surface area contributed by atoms with E-state index in [4.69, 9.17) is 16.3 Å². The Balaban J connectivity index is 1.94. The highest BCUT2D eigenvalue weighted by Crippen LogP contribution is 2.12. The van der Waals surface area contributed by atoms with Crippen LogP contribution in [0.2, 0.25) is 5.02 Å². The summed E-state index contributed by atoms with van der Waals surface area (Å²) in [6.07, 6.45) is 0.427. The molecule has 1 aliphatic heterocycles. The fourth-order valence-corrected chi connectivity index (χ4v) is 2.58. The van der Waals surface area contributed by atoms with E-state index < -0.39 is 0 Å². The number of carbonyl (C=O) groups is 1. The van der Waals surface area contributed by atoms with E-state index in [0.29, 0.717) is 24.0 Å². The van der Waals surface area contributed by atoms with E-state index in [1.165, 1.54) is 0 Å². The lowest BCUT2D eigenvalue weighted by atomic mass is 10.1. The van der Waals surface area contributed by atoms with Crippen molar-refractivity contribution in [1.29, 1.82) is 0 Å². The van der Waals surface area contributed by atoms with Gasteiger partial charge in [-0.25, -0.2) is 0 Å². The number of methoxy groups -OCH3 is 1. The largest absolute Gasteiger partial charge is 0.384 e. The number of ether oxygens (including phenoxy) is 1. The fraction of sp³-hybridized carbons (Fsp3) is 0.533. The van der Waals surface area contributed by atoms with Crippen LogP contribution in [0.3, 0.4) is 0 Å². The van der Waals surface area contributed by atoms with Crippen LogP contribution in [0, 0.1) is 5.92 Å². The van der Waals surface area contributed by atoms with Gasteiger partial charge in [-0.15, -0.1) is 0 Å². The van der Waals surface area contributed by atoms with Crippen molar-refractivity contribution < 1.29 is 9.53 Å². The van der Waals surface area contributed by atoms with Crippen molar-refractivity contribution in [2.45, 2.75) is 6.42 Å². The summed E-state index contributed by atoms with van der Waals surface area (Å²) < 4.78 is 5.20. The van der Waals surface area contributed by atoms with Gasteiger partial charge in [0.05, 0.1) is 13.0 Å². The van der Waals surface area contributed by atoms with Crippen molar-refractivity contribution in [3.05, 3.63) is 34.9 Å². The van der Waals surface area contributed by atoms with Gasteiger partial charge in [-0.05, 0) is 17.7 Å². The molecular formula is C15H21ClN2O2. The molecule has 1 aliphatic rings. The van der Waals surface area contributed by atoms with Crippen LogP contribution in [0.15, 0.2) is 24.3 Å². The molecule has 1 N–H and O–H groups in total. The summed E-state index contributed by atoms with van der Waals surface area (Å²) >= 11 is 5.85. The Morgan fingerprint density at radius 1 is 1.45 bits per heavy atom. The van der Waals surface area contributed by atoms with Gasteiger partial charge in [-0.1, -0.05) is 23.7 Å². The van der Waals surface area contributed by atoms with Crippen LogP contribution < -0.4 is 5.32 Å². The zero-order valence-corrected chi connectivity index (χ0v) is 12.5. The number of carbonyl (C=O) groups excluding carboxylic acids is 1. The number of nitrogens with one attached hydrogen (secondary N) is 1. The van der Waals surface area contributed by atoms with Gasteiger partial charge < -0.3 is 15.0 Å². The molecule has 0 radical (unpaired) electrons. The third-order valence-corrected chi connectivity index (χ3v) is 3.75. The Hall–Kier alpha value is -1.10. The van der Waals surface area contributed by atoms with Crippen LogP contribution in [0.25, 0.3) is 0 Å². The van der Waals surface area contributed by atoms with Gasteiger partial charge in [-0.3, -0.25) is 4.79 Å². The quantitative estimate of drug-likeness (QED) is 0.917. The molecule has 0 bridgehead atoms. The Labute approximate surface area is 125 Å². The molecule has 1 heterocycles. The molecular weight excluding hydrogens is 276 g/mol. The number of hydrogen-bond donors (Lipinski definition) is 1. The van der Waals surface area contributed by atoms with E-state index in [1.807, 2.05) is 29.2 Å². The number of amides is 1.